The van der Waals surface area contributed by atoms with E-state index in [1.54, 1.807) is 11.8 Å². The number of ether oxygens (including phenoxy) is 1. The maximum Gasteiger partial charge on any atom is 0.136 e. The molecule has 0 unspecified atom stereocenters. The van der Waals surface area contributed by atoms with Gasteiger partial charge in [0.05, 0.1) is 31.1 Å². The third-order valence-corrected chi connectivity index (χ3v) is 4.80. The molecule has 3 rings (SSSR count). The quantitative estimate of drug-likeness (QED) is 0.767. The Morgan fingerprint density at radius 1 is 1.28 bits per heavy atom. The van der Waals surface area contributed by atoms with Gasteiger partial charge in [-0.15, -0.1) is 0 Å². The molecule has 0 aliphatic carbocycles. The molecule has 0 amide bonds. The van der Waals surface area contributed by atoms with Crippen molar-refractivity contribution in [2.75, 3.05) is 40.3 Å². The largest absolute Gasteiger partial charge is 0.497 e. The van der Waals surface area contributed by atoms with Gasteiger partial charge in [0.15, 0.2) is 0 Å². The molecule has 2 heterocycles. The second-order valence-corrected chi connectivity index (χ2v) is 6.66. The smallest absolute Gasteiger partial charge is 0.136 e. The van der Waals surface area contributed by atoms with Crippen LogP contribution in [0.25, 0.3) is 0 Å². The molecule has 2 aromatic rings. The zero-order chi connectivity index (χ0) is 17.8. The summed E-state index contributed by atoms with van der Waals surface area (Å²) in [5.41, 5.74) is 2.85. The average molecular weight is 362 g/mol. The van der Waals surface area contributed by atoms with E-state index in [0.29, 0.717) is 11.7 Å². The Labute approximate surface area is 153 Å². The molecule has 1 aromatic heterocycles. The Hall–Kier alpha value is -2.05. The summed E-state index contributed by atoms with van der Waals surface area (Å²) in [5, 5.41) is 11.8. The Balaban J connectivity index is 1.74. The van der Waals surface area contributed by atoms with E-state index in [1.807, 2.05) is 37.4 Å². The molecule has 1 aromatic carbocycles. The monoisotopic (exact) mass is 361 g/mol. The number of nitrogens with zero attached hydrogens (tertiary/aromatic N) is 5. The van der Waals surface area contributed by atoms with E-state index in [-0.39, 0.29) is 0 Å². The van der Waals surface area contributed by atoms with Gasteiger partial charge < -0.3 is 9.64 Å². The number of piperazine rings is 1. The highest BCUT2D eigenvalue weighted by Gasteiger charge is 2.14. The van der Waals surface area contributed by atoms with Gasteiger partial charge in [-0.2, -0.15) is 10.2 Å². The second-order valence-electron chi connectivity index (χ2n) is 6.30. The van der Waals surface area contributed by atoms with Gasteiger partial charge in [0, 0.05) is 26.2 Å². The summed E-state index contributed by atoms with van der Waals surface area (Å²) < 4.78 is 7.07. The highest BCUT2D eigenvalue weighted by Crippen LogP contribution is 2.21. The molecule has 0 N–H and O–H groups in total. The number of benzene rings is 1. The van der Waals surface area contributed by atoms with Crippen LogP contribution < -0.4 is 4.74 Å². The third-order valence-electron chi connectivity index (χ3n) is 4.41. The number of hydrazone groups is 1. The predicted molar refractivity (Wildman–Crippen MR) is 101 cm³/mol. The van der Waals surface area contributed by atoms with Crippen LogP contribution in [-0.4, -0.2) is 66.2 Å². The fraction of sp³-hybridized carbons (Fsp3) is 0.444. The van der Waals surface area contributed by atoms with Gasteiger partial charge >= 0.3 is 0 Å². The van der Waals surface area contributed by atoms with Crippen LogP contribution in [0.1, 0.15) is 16.8 Å². The number of hydrogen-bond donors (Lipinski definition) is 0. The standard InChI is InChI=1S/C18H24ClN5O/c1-14-17(12-20-23-9-7-22(2)8-10-23)18(19)24(21-14)13-15-5-4-6-16(11-15)25-3/h4-6,11-12H,7-10,13H2,1-3H3/b20-12+. The topological polar surface area (TPSA) is 45.9 Å². The van der Waals surface area contributed by atoms with Crippen molar-refractivity contribution < 1.29 is 4.74 Å². The molecule has 1 aliphatic rings. The van der Waals surface area contributed by atoms with E-state index in [0.717, 1.165) is 48.7 Å². The summed E-state index contributed by atoms with van der Waals surface area (Å²) in [6, 6.07) is 7.92. The lowest BCUT2D eigenvalue weighted by Gasteiger charge is -2.30. The average Bonchev–Trinajstić information content (AvgIpc) is 2.88. The summed E-state index contributed by atoms with van der Waals surface area (Å²) in [7, 11) is 3.79. The maximum absolute atomic E-state index is 6.55. The van der Waals surface area contributed by atoms with Crippen molar-refractivity contribution in [1.29, 1.82) is 0 Å². The lowest BCUT2D eigenvalue weighted by molar-refractivity contribution is 0.159. The summed E-state index contributed by atoms with van der Waals surface area (Å²) in [4.78, 5) is 2.30. The van der Waals surface area contributed by atoms with E-state index in [1.165, 1.54) is 0 Å². The van der Waals surface area contributed by atoms with E-state index in [4.69, 9.17) is 16.3 Å². The zero-order valence-electron chi connectivity index (χ0n) is 14.9. The van der Waals surface area contributed by atoms with Gasteiger partial charge in [0.25, 0.3) is 0 Å². The van der Waals surface area contributed by atoms with Gasteiger partial charge in [-0.1, -0.05) is 23.7 Å². The Morgan fingerprint density at radius 3 is 2.76 bits per heavy atom. The predicted octanol–water partition coefficient (Wildman–Crippen LogP) is 2.48. The van der Waals surface area contributed by atoms with Crippen molar-refractivity contribution in [3.05, 3.63) is 46.2 Å². The van der Waals surface area contributed by atoms with Crippen molar-refractivity contribution in [3.8, 4) is 5.75 Å². The van der Waals surface area contributed by atoms with Crippen molar-refractivity contribution in [3.63, 3.8) is 0 Å². The number of likely N-dealkylation sites (N-methyl/N-ethyl adjacent to an activating group) is 1. The van der Waals surface area contributed by atoms with Crippen LogP contribution in [0.3, 0.4) is 0 Å². The van der Waals surface area contributed by atoms with Crippen LogP contribution in [-0.2, 0) is 6.54 Å². The first-order valence-corrected chi connectivity index (χ1v) is 8.78. The van der Waals surface area contributed by atoms with Crippen LogP contribution in [0.4, 0.5) is 0 Å². The van der Waals surface area contributed by atoms with E-state index in [2.05, 4.69) is 27.2 Å². The van der Waals surface area contributed by atoms with Crippen molar-refractivity contribution in [2.24, 2.45) is 5.10 Å². The molecule has 0 bridgehead atoms. The molecule has 1 fully saturated rings. The fourth-order valence-electron chi connectivity index (χ4n) is 2.81. The third kappa shape index (κ3) is 4.32. The molecular weight excluding hydrogens is 338 g/mol. The van der Waals surface area contributed by atoms with Gasteiger partial charge in [-0.05, 0) is 31.7 Å². The second kappa shape index (κ2) is 7.89. The molecular formula is C18H24ClN5O. The number of rotatable bonds is 5. The molecule has 0 radical (unpaired) electrons. The molecule has 6 nitrogen and oxygen atoms in total. The molecule has 0 saturated carbocycles. The molecule has 7 heteroatoms. The molecule has 0 spiro atoms. The van der Waals surface area contributed by atoms with Gasteiger partial charge in [-0.3, -0.25) is 5.01 Å². The minimum Gasteiger partial charge on any atom is -0.497 e. The molecule has 0 atom stereocenters. The van der Waals surface area contributed by atoms with E-state index >= 15 is 0 Å². The van der Waals surface area contributed by atoms with Crippen LogP contribution in [0.2, 0.25) is 5.15 Å². The Bertz CT molecular complexity index is 750. The summed E-state index contributed by atoms with van der Waals surface area (Å²) in [6.07, 6.45) is 1.83. The van der Waals surface area contributed by atoms with E-state index in [9.17, 15) is 0 Å². The zero-order valence-corrected chi connectivity index (χ0v) is 15.7. The van der Waals surface area contributed by atoms with E-state index < -0.39 is 0 Å². The highest BCUT2D eigenvalue weighted by molar-refractivity contribution is 6.32. The number of aryl methyl sites for hydroxylation is 1. The van der Waals surface area contributed by atoms with Crippen molar-refractivity contribution in [2.45, 2.75) is 13.5 Å². The lowest BCUT2D eigenvalue weighted by atomic mass is 10.2. The summed E-state index contributed by atoms with van der Waals surface area (Å²) in [5.74, 6) is 0.828. The first-order chi connectivity index (χ1) is 12.1. The fourth-order valence-corrected chi connectivity index (χ4v) is 3.10. The van der Waals surface area contributed by atoms with Crippen molar-refractivity contribution >= 4 is 17.8 Å². The number of hydrogen-bond acceptors (Lipinski definition) is 5. The number of halogens is 1. The van der Waals surface area contributed by atoms with Crippen molar-refractivity contribution in [1.82, 2.24) is 19.7 Å². The normalized spacial score (nSPS) is 15.9. The Kier molecular flexibility index (Phi) is 5.60. The highest BCUT2D eigenvalue weighted by atomic mass is 35.5. The number of aromatic nitrogens is 2. The molecule has 25 heavy (non-hydrogen) atoms. The number of methoxy groups -OCH3 is 1. The lowest BCUT2D eigenvalue weighted by Crippen LogP contribution is -2.41. The van der Waals surface area contributed by atoms with Gasteiger partial charge in [0.2, 0.25) is 0 Å². The minimum absolute atomic E-state index is 0.596. The first-order valence-electron chi connectivity index (χ1n) is 8.40. The summed E-state index contributed by atoms with van der Waals surface area (Å²) in [6.45, 7) is 6.47. The van der Waals surface area contributed by atoms with Crippen LogP contribution >= 0.6 is 11.6 Å². The molecule has 1 saturated heterocycles. The van der Waals surface area contributed by atoms with Crippen LogP contribution in [0.15, 0.2) is 29.4 Å². The SMILES string of the molecule is COc1cccc(Cn2nc(C)c(/C=N/N3CCN(C)CC3)c2Cl)c1. The van der Waals surface area contributed by atoms with Gasteiger partial charge in [0.1, 0.15) is 10.9 Å². The maximum atomic E-state index is 6.55. The minimum atomic E-state index is 0.596. The summed E-state index contributed by atoms with van der Waals surface area (Å²) >= 11 is 6.55. The molecule has 134 valence electrons. The Morgan fingerprint density at radius 2 is 2.04 bits per heavy atom. The van der Waals surface area contributed by atoms with Gasteiger partial charge in [-0.25, -0.2) is 4.68 Å². The van der Waals surface area contributed by atoms with Crippen LogP contribution in [0.5, 0.6) is 5.75 Å². The first kappa shape index (κ1) is 17.8. The van der Waals surface area contributed by atoms with Crippen LogP contribution in [0, 0.1) is 6.92 Å². The molecule has 1 aliphatic heterocycles.